The van der Waals surface area contributed by atoms with Crippen LogP contribution in [0.1, 0.15) is 21.5 Å². The number of hydrogen-bond acceptors (Lipinski definition) is 2. The van der Waals surface area contributed by atoms with Crippen molar-refractivity contribution in [1.29, 1.82) is 0 Å². The lowest BCUT2D eigenvalue weighted by Gasteiger charge is -2.09. The van der Waals surface area contributed by atoms with Crippen LogP contribution in [0, 0.1) is 18.6 Å². The number of nitrogens with one attached hydrogen (secondary N) is 1. The highest BCUT2D eigenvalue weighted by atomic mass is 19.1. The molecule has 0 saturated heterocycles. The molecule has 2 rings (SSSR count). The zero-order chi connectivity index (χ0) is 14.7. The first-order valence-corrected chi connectivity index (χ1v) is 6.06. The highest BCUT2D eigenvalue weighted by molar-refractivity contribution is 5.95. The van der Waals surface area contributed by atoms with Crippen LogP contribution in [0.15, 0.2) is 36.4 Å². The van der Waals surface area contributed by atoms with Crippen molar-refractivity contribution in [3.8, 4) is 0 Å². The molecule has 5 heteroatoms. The van der Waals surface area contributed by atoms with Crippen molar-refractivity contribution in [2.24, 2.45) is 0 Å². The van der Waals surface area contributed by atoms with E-state index in [9.17, 15) is 13.6 Å². The summed E-state index contributed by atoms with van der Waals surface area (Å²) in [5.74, 6) is -2.79. The Kier molecular flexibility index (Phi) is 3.98. The van der Waals surface area contributed by atoms with Crippen molar-refractivity contribution in [2.45, 2.75) is 13.5 Å². The van der Waals surface area contributed by atoms with Gasteiger partial charge in [-0.05, 0) is 24.6 Å². The Bertz CT molecular complexity index is 656. The Hall–Kier alpha value is -2.43. The second kappa shape index (κ2) is 5.69. The minimum atomic E-state index is -1.04. The van der Waals surface area contributed by atoms with E-state index in [-0.39, 0.29) is 12.2 Å². The van der Waals surface area contributed by atoms with Crippen molar-refractivity contribution in [3.05, 3.63) is 64.7 Å². The number of halogens is 2. The lowest BCUT2D eigenvalue weighted by atomic mass is 10.1. The molecular weight excluding hydrogens is 262 g/mol. The molecule has 0 aliphatic rings. The predicted octanol–water partition coefficient (Wildman–Crippen LogP) is 2.79. The first kappa shape index (κ1) is 14.0. The van der Waals surface area contributed by atoms with Crippen LogP contribution < -0.4 is 11.1 Å². The summed E-state index contributed by atoms with van der Waals surface area (Å²) < 4.78 is 27.2. The average Bonchev–Trinajstić information content (AvgIpc) is 2.41. The van der Waals surface area contributed by atoms with E-state index in [0.29, 0.717) is 0 Å². The summed E-state index contributed by atoms with van der Waals surface area (Å²) in [7, 11) is 0. The van der Waals surface area contributed by atoms with E-state index in [2.05, 4.69) is 5.32 Å². The summed E-state index contributed by atoms with van der Waals surface area (Å²) in [5.41, 5.74) is 6.31. The second-order valence-corrected chi connectivity index (χ2v) is 4.50. The molecule has 0 bridgehead atoms. The summed E-state index contributed by atoms with van der Waals surface area (Å²) >= 11 is 0. The Labute approximate surface area is 115 Å². The van der Waals surface area contributed by atoms with Crippen molar-refractivity contribution in [3.63, 3.8) is 0 Å². The Morgan fingerprint density at radius 1 is 1.25 bits per heavy atom. The average molecular weight is 276 g/mol. The fourth-order valence-electron chi connectivity index (χ4n) is 1.87. The number of amides is 1. The Morgan fingerprint density at radius 3 is 2.70 bits per heavy atom. The van der Waals surface area contributed by atoms with Crippen LogP contribution in [-0.4, -0.2) is 5.91 Å². The largest absolute Gasteiger partial charge is 0.396 e. The molecule has 0 saturated carbocycles. The standard InChI is InChI=1S/C15H14F2N2O/c1-9-3-2-4-10(7-9)8-19-15(20)13-11(16)5-6-12(18)14(13)17/h2-7H,8,18H2,1H3,(H,19,20). The molecule has 2 aromatic carbocycles. The fraction of sp³-hybridized carbons (Fsp3) is 0.133. The van der Waals surface area contributed by atoms with Crippen molar-refractivity contribution >= 4 is 11.6 Å². The van der Waals surface area contributed by atoms with Gasteiger partial charge in [0.25, 0.3) is 5.91 Å². The Balaban J connectivity index is 2.15. The number of aryl methyl sites for hydroxylation is 1. The van der Waals surface area contributed by atoms with E-state index in [0.717, 1.165) is 23.3 Å². The van der Waals surface area contributed by atoms with Gasteiger partial charge >= 0.3 is 0 Å². The molecular formula is C15H14F2N2O. The molecule has 0 heterocycles. The lowest BCUT2D eigenvalue weighted by Crippen LogP contribution is -2.25. The van der Waals surface area contributed by atoms with Gasteiger partial charge in [-0.1, -0.05) is 29.8 Å². The minimum absolute atomic E-state index is 0.189. The van der Waals surface area contributed by atoms with Gasteiger partial charge in [-0.15, -0.1) is 0 Å². The van der Waals surface area contributed by atoms with Gasteiger partial charge in [0, 0.05) is 6.54 Å². The van der Waals surface area contributed by atoms with Crippen molar-refractivity contribution < 1.29 is 13.6 Å². The van der Waals surface area contributed by atoms with E-state index >= 15 is 0 Å². The topological polar surface area (TPSA) is 55.1 Å². The number of carbonyl (C=O) groups is 1. The van der Waals surface area contributed by atoms with Gasteiger partial charge < -0.3 is 11.1 Å². The number of nitrogens with two attached hydrogens (primary N) is 1. The van der Waals surface area contributed by atoms with Gasteiger partial charge in [0.2, 0.25) is 0 Å². The summed E-state index contributed by atoms with van der Waals surface area (Å²) in [6.45, 7) is 2.11. The van der Waals surface area contributed by atoms with E-state index in [4.69, 9.17) is 5.73 Å². The molecule has 0 unspecified atom stereocenters. The maximum absolute atomic E-state index is 13.7. The van der Waals surface area contributed by atoms with Crippen LogP contribution in [0.25, 0.3) is 0 Å². The zero-order valence-electron chi connectivity index (χ0n) is 10.9. The van der Waals surface area contributed by atoms with Crippen molar-refractivity contribution in [1.82, 2.24) is 5.32 Å². The molecule has 1 amide bonds. The molecule has 0 aromatic heterocycles. The van der Waals surface area contributed by atoms with Gasteiger partial charge in [-0.25, -0.2) is 8.78 Å². The molecule has 0 spiro atoms. The lowest BCUT2D eigenvalue weighted by molar-refractivity contribution is 0.0942. The molecule has 0 aliphatic carbocycles. The molecule has 3 N–H and O–H groups in total. The van der Waals surface area contributed by atoms with E-state index in [1.54, 1.807) is 0 Å². The molecule has 0 fully saturated rings. The van der Waals surface area contributed by atoms with Crippen LogP contribution in [-0.2, 0) is 6.54 Å². The minimum Gasteiger partial charge on any atom is -0.396 e. The smallest absolute Gasteiger partial charge is 0.257 e. The SMILES string of the molecule is Cc1cccc(CNC(=O)c2c(F)ccc(N)c2F)c1. The van der Waals surface area contributed by atoms with Crippen LogP contribution in [0.5, 0.6) is 0 Å². The third kappa shape index (κ3) is 2.93. The van der Waals surface area contributed by atoms with Gasteiger partial charge in [0.1, 0.15) is 11.4 Å². The quantitative estimate of drug-likeness (QED) is 0.847. The van der Waals surface area contributed by atoms with Gasteiger partial charge in [-0.3, -0.25) is 4.79 Å². The molecule has 0 atom stereocenters. The normalized spacial score (nSPS) is 10.3. The molecule has 104 valence electrons. The molecule has 20 heavy (non-hydrogen) atoms. The maximum atomic E-state index is 13.7. The number of rotatable bonds is 3. The second-order valence-electron chi connectivity index (χ2n) is 4.50. The summed E-state index contributed by atoms with van der Waals surface area (Å²) in [6, 6.07) is 9.52. The van der Waals surface area contributed by atoms with E-state index in [1.165, 1.54) is 0 Å². The van der Waals surface area contributed by atoms with E-state index in [1.807, 2.05) is 31.2 Å². The molecule has 3 nitrogen and oxygen atoms in total. The fourth-order valence-corrected chi connectivity index (χ4v) is 1.87. The van der Waals surface area contributed by atoms with Gasteiger partial charge in [0.15, 0.2) is 5.82 Å². The van der Waals surface area contributed by atoms with Crippen LogP contribution in [0.4, 0.5) is 14.5 Å². The third-order valence-corrected chi connectivity index (χ3v) is 2.88. The van der Waals surface area contributed by atoms with Crippen molar-refractivity contribution in [2.75, 3.05) is 5.73 Å². The summed E-state index contributed by atoms with van der Waals surface area (Å²) in [6.07, 6.45) is 0. The zero-order valence-corrected chi connectivity index (χ0v) is 10.9. The predicted molar refractivity (Wildman–Crippen MR) is 73.1 cm³/mol. The van der Waals surface area contributed by atoms with Crippen LogP contribution in [0.2, 0.25) is 0 Å². The highest BCUT2D eigenvalue weighted by Crippen LogP contribution is 2.18. The molecule has 2 aromatic rings. The Morgan fingerprint density at radius 2 is 2.00 bits per heavy atom. The maximum Gasteiger partial charge on any atom is 0.257 e. The molecule has 0 aliphatic heterocycles. The first-order chi connectivity index (χ1) is 9.49. The van der Waals surface area contributed by atoms with E-state index < -0.39 is 23.1 Å². The molecule has 0 radical (unpaired) electrons. The monoisotopic (exact) mass is 276 g/mol. The van der Waals surface area contributed by atoms with Crippen LogP contribution in [0.3, 0.4) is 0 Å². The number of nitrogen functional groups attached to an aromatic ring is 1. The first-order valence-electron chi connectivity index (χ1n) is 6.06. The number of anilines is 1. The summed E-state index contributed by atoms with van der Waals surface area (Å²) in [4.78, 5) is 11.9. The summed E-state index contributed by atoms with van der Waals surface area (Å²) in [5, 5.41) is 2.48. The number of hydrogen-bond donors (Lipinski definition) is 2. The highest BCUT2D eigenvalue weighted by Gasteiger charge is 2.19. The number of carbonyl (C=O) groups excluding carboxylic acids is 1. The number of benzene rings is 2. The van der Waals surface area contributed by atoms with Gasteiger partial charge in [-0.2, -0.15) is 0 Å². The third-order valence-electron chi connectivity index (χ3n) is 2.88. The van der Waals surface area contributed by atoms with Gasteiger partial charge in [0.05, 0.1) is 5.69 Å². The van der Waals surface area contributed by atoms with Crippen LogP contribution >= 0.6 is 0 Å².